The average molecular weight is 605 g/mol. The van der Waals surface area contributed by atoms with Gasteiger partial charge < -0.3 is 35.3 Å². The Morgan fingerprint density at radius 2 is 1.80 bits per heavy atom. The predicted octanol–water partition coefficient (Wildman–Crippen LogP) is 4.65. The highest BCUT2D eigenvalue weighted by Gasteiger charge is 2.47. The topological polar surface area (TPSA) is 142 Å². The molecule has 8 rings (SSSR count). The predicted molar refractivity (Wildman–Crippen MR) is 172 cm³/mol. The molecule has 0 spiro atoms. The number of nitrogens with zero attached hydrogens (tertiary/aromatic N) is 4. The van der Waals surface area contributed by atoms with Crippen LogP contribution in [0.15, 0.2) is 54.6 Å². The zero-order valence-electron chi connectivity index (χ0n) is 25.4. The van der Waals surface area contributed by atoms with Gasteiger partial charge in [0.05, 0.1) is 23.9 Å². The number of ether oxygens (including phenoxy) is 1. The first-order chi connectivity index (χ1) is 21.7. The lowest BCUT2D eigenvalue weighted by Crippen LogP contribution is -2.41. The third kappa shape index (κ3) is 4.38. The summed E-state index contributed by atoms with van der Waals surface area (Å²) in [7, 11) is 3.61. The molecule has 3 fully saturated rings. The molecule has 10 nitrogen and oxygen atoms in total. The number of aryl methyl sites for hydroxylation is 1. The number of phenols is 1. The minimum atomic E-state index is -0.666. The van der Waals surface area contributed by atoms with Gasteiger partial charge in [-0.2, -0.15) is 0 Å². The molecule has 3 aromatic carbocycles. The Morgan fingerprint density at radius 1 is 1.02 bits per heavy atom. The fourth-order valence-corrected chi connectivity index (χ4v) is 7.56. The maximum absolute atomic E-state index is 13.7. The standard InChI is InChI=1S/C35H36N6O4/c1-39-32-25(11-23(15-30(32)45-2)35(44)41-17-22-8-10-26(41)31(22)36)38-34(39)28-13-21-6-5-19(12-27(21)40(28)16-18-3-4-18)20-7-9-24(33(37)43)29(42)14-20/h5-7,9,11-15,18,22,26,31,42H,3-4,8,10,16-17,36H2,1-2H3,(H2,37,43)/t22?,26?,31-/m1/s1. The highest BCUT2D eigenvalue weighted by atomic mass is 16.5. The van der Waals surface area contributed by atoms with Gasteiger partial charge in [0.15, 0.2) is 5.82 Å². The van der Waals surface area contributed by atoms with Crippen LogP contribution in [0.2, 0.25) is 0 Å². The van der Waals surface area contributed by atoms with Crippen LogP contribution < -0.4 is 16.2 Å². The molecule has 3 heterocycles. The molecule has 1 saturated heterocycles. The van der Waals surface area contributed by atoms with Crippen LogP contribution in [-0.4, -0.2) is 61.7 Å². The summed E-state index contributed by atoms with van der Waals surface area (Å²) in [5.41, 5.74) is 17.8. The molecular formula is C35H36N6O4. The molecule has 230 valence electrons. The number of fused-ring (bicyclic) bond motifs is 4. The minimum Gasteiger partial charge on any atom is -0.507 e. The summed E-state index contributed by atoms with van der Waals surface area (Å²) in [5.74, 6) is 1.54. The number of amides is 2. The van der Waals surface area contributed by atoms with E-state index in [4.69, 9.17) is 21.2 Å². The summed E-state index contributed by atoms with van der Waals surface area (Å²) in [6, 6.07) is 17.2. The van der Waals surface area contributed by atoms with Crippen molar-refractivity contribution in [2.24, 2.45) is 30.4 Å². The molecule has 5 aromatic rings. The smallest absolute Gasteiger partial charge is 0.254 e. The van der Waals surface area contributed by atoms with Crippen molar-refractivity contribution in [3.8, 4) is 34.1 Å². The van der Waals surface area contributed by atoms with Gasteiger partial charge in [0.25, 0.3) is 11.8 Å². The number of rotatable bonds is 7. The highest BCUT2D eigenvalue weighted by Crippen LogP contribution is 2.41. The summed E-state index contributed by atoms with van der Waals surface area (Å²) < 4.78 is 10.2. The third-order valence-electron chi connectivity index (χ3n) is 10.2. The molecule has 2 aromatic heterocycles. The molecule has 10 heteroatoms. The Morgan fingerprint density at radius 3 is 2.47 bits per heavy atom. The van der Waals surface area contributed by atoms with Gasteiger partial charge in [0, 0.05) is 48.7 Å². The van der Waals surface area contributed by atoms with Crippen molar-refractivity contribution in [1.29, 1.82) is 0 Å². The summed E-state index contributed by atoms with van der Waals surface area (Å²) in [5, 5.41) is 11.5. The molecule has 2 saturated carbocycles. The van der Waals surface area contributed by atoms with Gasteiger partial charge in [-0.05, 0) is 85.0 Å². The van der Waals surface area contributed by atoms with Crippen LogP contribution >= 0.6 is 0 Å². The lowest BCUT2D eigenvalue weighted by Gasteiger charge is -2.27. The number of nitrogens with two attached hydrogens (primary N) is 2. The van der Waals surface area contributed by atoms with Gasteiger partial charge in [-0.25, -0.2) is 4.98 Å². The number of hydrogen-bond acceptors (Lipinski definition) is 6. The molecule has 2 amide bonds. The second-order valence-corrected chi connectivity index (χ2v) is 12.9. The number of likely N-dealkylation sites (tertiary alicyclic amines) is 1. The van der Waals surface area contributed by atoms with Crippen LogP contribution in [0.3, 0.4) is 0 Å². The first-order valence-corrected chi connectivity index (χ1v) is 15.6. The number of aromatic hydroxyl groups is 1. The average Bonchev–Trinajstić information content (AvgIpc) is 3.44. The number of benzene rings is 3. The van der Waals surface area contributed by atoms with E-state index in [1.807, 2.05) is 30.1 Å². The second-order valence-electron chi connectivity index (χ2n) is 12.9. The zero-order valence-corrected chi connectivity index (χ0v) is 25.4. The van der Waals surface area contributed by atoms with Crippen molar-refractivity contribution in [3.05, 3.63) is 65.7 Å². The lowest BCUT2D eigenvalue weighted by molar-refractivity contribution is 0.0700. The van der Waals surface area contributed by atoms with E-state index < -0.39 is 5.91 Å². The van der Waals surface area contributed by atoms with E-state index in [1.165, 1.54) is 12.8 Å². The molecule has 3 aliphatic rings. The van der Waals surface area contributed by atoms with Crippen molar-refractivity contribution in [2.75, 3.05) is 13.7 Å². The molecule has 1 aliphatic heterocycles. The summed E-state index contributed by atoms with van der Waals surface area (Å²) in [6.07, 6.45) is 4.41. The van der Waals surface area contributed by atoms with E-state index >= 15 is 0 Å². The molecule has 5 N–H and O–H groups in total. The number of carbonyl (C=O) groups excluding carboxylic acids is 2. The number of imidazole rings is 1. The number of hydrogen-bond donors (Lipinski definition) is 3. The van der Waals surface area contributed by atoms with Crippen LogP contribution in [0.25, 0.3) is 44.6 Å². The van der Waals surface area contributed by atoms with Gasteiger partial charge in [0.2, 0.25) is 0 Å². The summed E-state index contributed by atoms with van der Waals surface area (Å²) >= 11 is 0. The van der Waals surface area contributed by atoms with Crippen molar-refractivity contribution in [3.63, 3.8) is 0 Å². The minimum absolute atomic E-state index is 0.0182. The van der Waals surface area contributed by atoms with Crippen LogP contribution in [0, 0.1) is 11.8 Å². The quantitative estimate of drug-likeness (QED) is 0.247. The fourth-order valence-electron chi connectivity index (χ4n) is 7.56. The Labute approximate surface area is 260 Å². The van der Waals surface area contributed by atoms with Crippen molar-refractivity contribution in [1.82, 2.24) is 19.0 Å². The van der Waals surface area contributed by atoms with Crippen LogP contribution in [-0.2, 0) is 13.6 Å². The maximum Gasteiger partial charge on any atom is 0.254 e. The van der Waals surface area contributed by atoms with Gasteiger partial charge >= 0.3 is 0 Å². The summed E-state index contributed by atoms with van der Waals surface area (Å²) in [6.45, 7) is 1.56. The Hall–Kier alpha value is -4.83. The first-order valence-electron chi connectivity index (χ1n) is 15.6. The van der Waals surface area contributed by atoms with Gasteiger partial charge in [0.1, 0.15) is 17.0 Å². The molecule has 2 bridgehead atoms. The monoisotopic (exact) mass is 604 g/mol. The Kier molecular flexibility index (Phi) is 6.22. The Balaban J connectivity index is 1.23. The van der Waals surface area contributed by atoms with Crippen LogP contribution in [0.4, 0.5) is 0 Å². The van der Waals surface area contributed by atoms with Crippen molar-refractivity contribution >= 4 is 33.8 Å². The molecule has 2 aliphatic carbocycles. The molecule has 45 heavy (non-hydrogen) atoms. The highest BCUT2D eigenvalue weighted by molar-refractivity contribution is 6.01. The number of methoxy groups -OCH3 is 1. The Bertz CT molecular complexity index is 2040. The number of aromatic nitrogens is 3. The lowest BCUT2D eigenvalue weighted by atomic mass is 10.0. The van der Waals surface area contributed by atoms with Gasteiger partial charge in [-0.1, -0.05) is 18.2 Å². The third-order valence-corrected chi connectivity index (χ3v) is 10.2. The normalized spacial score (nSPS) is 20.9. The number of carbonyl (C=O) groups is 2. The van der Waals surface area contributed by atoms with Crippen LogP contribution in [0.1, 0.15) is 46.4 Å². The number of piperidine rings is 1. The largest absolute Gasteiger partial charge is 0.507 e. The van der Waals surface area contributed by atoms with Gasteiger partial charge in [-0.15, -0.1) is 0 Å². The first kappa shape index (κ1) is 27.7. The fraction of sp³-hybridized carbons (Fsp3) is 0.343. The molecule has 0 radical (unpaired) electrons. The van der Waals surface area contributed by atoms with Crippen molar-refractivity contribution in [2.45, 2.75) is 44.3 Å². The summed E-state index contributed by atoms with van der Waals surface area (Å²) in [4.78, 5) is 32.4. The van der Waals surface area contributed by atoms with Crippen molar-refractivity contribution < 1.29 is 19.4 Å². The van der Waals surface area contributed by atoms with Crippen LogP contribution in [0.5, 0.6) is 11.5 Å². The van der Waals surface area contributed by atoms with E-state index in [0.717, 1.165) is 58.5 Å². The van der Waals surface area contributed by atoms with E-state index in [9.17, 15) is 14.7 Å². The van der Waals surface area contributed by atoms with E-state index in [-0.39, 0.29) is 29.3 Å². The second kappa shape index (κ2) is 10.1. The molecule has 2 unspecified atom stereocenters. The van der Waals surface area contributed by atoms with E-state index in [0.29, 0.717) is 35.2 Å². The molecular weight excluding hydrogens is 568 g/mol. The molecule has 3 atom stereocenters. The zero-order chi connectivity index (χ0) is 31.1. The number of primary amides is 1. The maximum atomic E-state index is 13.7. The SMILES string of the molecule is COc1cc(C(=O)N2CC3CCC2[C@@H]3N)cc2nc(-c3cc4ccc(-c5ccc(C(N)=O)c(O)c5)cc4n3CC3CC3)n(C)c12. The van der Waals surface area contributed by atoms with E-state index in [2.05, 4.69) is 27.3 Å². The van der Waals surface area contributed by atoms with Gasteiger partial charge in [-0.3, -0.25) is 9.59 Å². The van der Waals surface area contributed by atoms with E-state index in [1.54, 1.807) is 25.3 Å².